The van der Waals surface area contributed by atoms with Crippen molar-refractivity contribution >= 4 is 28.9 Å². The lowest BCUT2D eigenvalue weighted by Crippen LogP contribution is -2.22. The van der Waals surface area contributed by atoms with Gasteiger partial charge in [0.1, 0.15) is 11.8 Å². The molecule has 0 aliphatic rings. The number of benzene rings is 1. The summed E-state index contributed by atoms with van der Waals surface area (Å²) in [5, 5.41) is 30.3. The zero-order valence-electron chi connectivity index (χ0n) is 11.5. The van der Waals surface area contributed by atoms with Crippen LogP contribution in [-0.2, 0) is 4.74 Å². The summed E-state index contributed by atoms with van der Waals surface area (Å²) in [7, 11) is 0. The number of hydrogen-bond donors (Lipinski definition) is 3. The van der Waals surface area contributed by atoms with Crippen molar-refractivity contribution in [1.29, 1.82) is 10.7 Å². The first-order valence-electron chi connectivity index (χ1n) is 5.94. The zero-order valence-corrected chi connectivity index (χ0v) is 11.5. The number of esters is 1. The highest BCUT2D eigenvalue weighted by Gasteiger charge is 2.18. The Bertz CT molecular complexity index is 691. The van der Waals surface area contributed by atoms with Gasteiger partial charge in [0.15, 0.2) is 5.84 Å². The number of nitro benzene ring substituents is 1. The summed E-state index contributed by atoms with van der Waals surface area (Å²) >= 11 is 0. The van der Waals surface area contributed by atoms with Crippen molar-refractivity contribution in [2.24, 2.45) is 10.8 Å². The lowest BCUT2D eigenvalue weighted by Gasteiger charge is -2.05. The molecule has 0 atom stereocenters. The fourth-order valence-corrected chi connectivity index (χ4v) is 1.38. The summed E-state index contributed by atoms with van der Waals surface area (Å²) in [6.45, 7) is 1.75. The van der Waals surface area contributed by atoms with Gasteiger partial charge >= 0.3 is 5.97 Å². The SMILES string of the molecule is CCOC(=O)c1ccc(N/N=C(\C#N)C(=N)N)c([N+](=O)[O-])c1. The van der Waals surface area contributed by atoms with Crippen LogP contribution >= 0.6 is 0 Å². The summed E-state index contributed by atoms with van der Waals surface area (Å²) in [4.78, 5) is 21.9. The minimum absolute atomic E-state index is 0.00940. The molecule has 0 fully saturated rings. The smallest absolute Gasteiger partial charge is 0.338 e. The van der Waals surface area contributed by atoms with Crippen LogP contribution < -0.4 is 11.2 Å². The maximum absolute atomic E-state index is 11.6. The third-order valence-electron chi connectivity index (χ3n) is 2.35. The van der Waals surface area contributed by atoms with Crippen LogP contribution in [0.3, 0.4) is 0 Å². The standard InChI is InChI=1S/C12H12N6O4/c1-2-22-12(19)7-3-4-8(10(5-7)18(20)21)16-17-9(6-13)11(14)15/h3-5,16H,2H2,1H3,(H3,14,15)/b17-9+. The molecular formula is C12H12N6O4. The van der Waals surface area contributed by atoms with E-state index in [4.69, 9.17) is 21.1 Å². The normalized spacial score (nSPS) is 10.5. The van der Waals surface area contributed by atoms with Crippen molar-refractivity contribution in [2.45, 2.75) is 6.92 Å². The van der Waals surface area contributed by atoms with Crippen molar-refractivity contribution in [3.63, 3.8) is 0 Å². The number of anilines is 1. The van der Waals surface area contributed by atoms with Gasteiger partial charge in [0, 0.05) is 6.07 Å². The lowest BCUT2D eigenvalue weighted by molar-refractivity contribution is -0.384. The summed E-state index contributed by atoms with van der Waals surface area (Å²) in [6.07, 6.45) is 0. The third kappa shape index (κ3) is 4.01. The average Bonchev–Trinajstić information content (AvgIpc) is 2.47. The van der Waals surface area contributed by atoms with Gasteiger partial charge in [0.2, 0.25) is 5.71 Å². The molecule has 0 amide bonds. The molecule has 0 unspecified atom stereocenters. The predicted molar refractivity (Wildman–Crippen MR) is 77.6 cm³/mol. The molecule has 1 aromatic carbocycles. The molecule has 0 spiro atoms. The Labute approximate surface area is 124 Å². The fraction of sp³-hybridized carbons (Fsp3) is 0.167. The zero-order chi connectivity index (χ0) is 16.7. The molecule has 1 rings (SSSR count). The number of amidine groups is 1. The molecule has 0 radical (unpaired) electrons. The van der Waals surface area contributed by atoms with E-state index < -0.39 is 28.1 Å². The molecule has 4 N–H and O–H groups in total. The van der Waals surface area contributed by atoms with Gasteiger partial charge in [-0.05, 0) is 19.1 Å². The maximum atomic E-state index is 11.6. The molecule has 0 saturated heterocycles. The Kier molecular flexibility index (Phi) is 5.53. The quantitative estimate of drug-likeness (QED) is 0.231. The molecule has 0 bridgehead atoms. The molecule has 0 aromatic heterocycles. The first-order valence-corrected chi connectivity index (χ1v) is 5.94. The van der Waals surface area contributed by atoms with Gasteiger partial charge in [-0.25, -0.2) is 4.79 Å². The number of rotatable bonds is 6. The number of hydrazone groups is 1. The Hall–Kier alpha value is -3.48. The van der Waals surface area contributed by atoms with Crippen molar-refractivity contribution in [1.82, 2.24) is 0 Å². The number of nitriles is 1. The number of carbonyl (C=O) groups is 1. The fourth-order valence-electron chi connectivity index (χ4n) is 1.38. The summed E-state index contributed by atoms with van der Waals surface area (Å²) in [5.74, 6) is -1.28. The number of hydrogen-bond acceptors (Lipinski definition) is 8. The highest BCUT2D eigenvalue weighted by Crippen LogP contribution is 2.26. The lowest BCUT2D eigenvalue weighted by atomic mass is 10.2. The topological polar surface area (TPSA) is 167 Å². The van der Waals surface area contributed by atoms with Gasteiger partial charge in [0.05, 0.1) is 17.1 Å². The first-order chi connectivity index (χ1) is 10.4. The van der Waals surface area contributed by atoms with Crippen LogP contribution in [0.2, 0.25) is 0 Å². The van der Waals surface area contributed by atoms with Crippen LogP contribution in [0.1, 0.15) is 17.3 Å². The Balaban J connectivity index is 3.16. The van der Waals surface area contributed by atoms with Gasteiger partial charge in [0.25, 0.3) is 5.69 Å². The van der Waals surface area contributed by atoms with E-state index in [2.05, 4.69) is 10.5 Å². The Morgan fingerprint density at radius 2 is 2.32 bits per heavy atom. The molecule has 0 heterocycles. The number of ether oxygens (including phenoxy) is 1. The van der Waals surface area contributed by atoms with Crippen LogP contribution in [0.15, 0.2) is 23.3 Å². The second kappa shape index (κ2) is 7.34. The van der Waals surface area contributed by atoms with Gasteiger partial charge < -0.3 is 10.5 Å². The molecule has 0 aliphatic carbocycles. The van der Waals surface area contributed by atoms with Crippen LogP contribution in [0.25, 0.3) is 0 Å². The highest BCUT2D eigenvalue weighted by atomic mass is 16.6. The molecule has 10 nitrogen and oxygen atoms in total. The van der Waals surface area contributed by atoms with E-state index >= 15 is 0 Å². The largest absolute Gasteiger partial charge is 0.462 e. The summed E-state index contributed by atoms with van der Waals surface area (Å²) < 4.78 is 4.75. The number of nitrogens with zero attached hydrogens (tertiary/aromatic N) is 3. The maximum Gasteiger partial charge on any atom is 0.338 e. The predicted octanol–water partition coefficient (Wildman–Crippen LogP) is 0.999. The van der Waals surface area contributed by atoms with E-state index in [1.165, 1.54) is 12.1 Å². The molecule has 1 aromatic rings. The van der Waals surface area contributed by atoms with E-state index in [0.29, 0.717) is 0 Å². The summed E-state index contributed by atoms with van der Waals surface area (Å²) in [5.41, 5.74) is 6.46. The van der Waals surface area contributed by atoms with E-state index in [1.807, 2.05) is 0 Å². The monoisotopic (exact) mass is 304 g/mol. The highest BCUT2D eigenvalue weighted by molar-refractivity contribution is 6.45. The van der Waals surface area contributed by atoms with Crippen LogP contribution in [0, 0.1) is 26.9 Å². The molecule has 22 heavy (non-hydrogen) atoms. The van der Waals surface area contributed by atoms with Crippen LogP contribution in [0.4, 0.5) is 11.4 Å². The molecule has 10 heteroatoms. The van der Waals surface area contributed by atoms with Crippen molar-refractivity contribution < 1.29 is 14.5 Å². The Morgan fingerprint density at radius 3 is 2.82 bits per heavy atom. The minimum Gasteiger partial charge on any atom is -0.462 e. The van der Waals surface area contributed by atoms with Crippen LogP contribution in [-0.4, -0.2) is 29.0 Å². The van der Waals surface area contributed by atoms with E-state index in [-0.39, 0.29) is 17.9 Å². The number of nitrogens with one attached hydrogen (secondary N) is 2. The summed E-state index contributed by atoms with van der Waals surface area (Å²) in [6, 6.07) is 5.13. The van der Waals surface area contributed by atoms with Gasteiger partial charge in [-0.15, -0.1) is 0 Å². The number of nitrogens with two attached hydrogens (primary N) is 1. The average molecular weight is 304 g/mol. The van der Waals surface area contributed by atoms with Crippen molar-refractivity contribution in [2.75, 3.05) is 12.0 Å². The van der Waals surface area contributed by atoms with Crippen molar-refractivity contribution in [3.05, 3.63) is 33.9 Å². The molecule has 114 valence electrons. The number of nitro groups is 1. The van der Waals surface area contributed by atoms with Crippen LogP contribution in [0.5, 0.6) is 0 Å². The van der Waals surface area contributed by atoms with Gasteiger partial charge in [-0.1, -0.05) is 0 Å². The molecule has 0 aliphatic heterocycles. The minimum atomic E-state index is -0.722. The second-order valence-electron chi connectivity index (χ2n) is 3.81. The van der Waals surface area contributed by atoms with Crippen molar-refractivity contribution in [3.8, 4) is 6.07 Å². The molecular weight excluding hydrogens is 292 g/mol. The van der Waals surface area contributed by atoms with Gasteiger partial charge in [-0.2, -0.15) is 10.4 Å². The second-order valence-corrected chi connectivity index (χ2v) is 3.81. The van der Waals surface area contributed by atoms with E-state index in [9.17, 15) is 14.9 Å². The van der Waals surface area contributed by atoms with Gasteiger partial charge in [-0.3, -0.25) is 20.9 Å². The number of carbonyl (C=O) groups excluding carboxylic acids is 1. The third-order valence-corrected chi connectivity index (χ3v) is 2.35. The Morgan fingerprint density at radius 1 is 1.64 bits per heavy atom. The first kappa shape index (κ1) is 16.6. The van der Waals surface area contributed by atoms with E-state index in [1.54, 1.807) is 13.0 Å². The molecule has 0 saturated carbocycles. The van der Waals surface area contributed by atoms with E-state index in [0.717, 1.165) is 6.07 Å².